The minimum absolute atomic E-state index is 0.173. The Morgan fingerprint density at radius 2 is 2.00 bits per heavy atom. The first-order valence-corrected chi connectivity index (χ1v) is 9.28. The first-order chi connectivity index (χ1) is 13.0. The summed E-state index contributed by atoms with van der Waals surface area (Å²) in [5, 5.41) is 4.30. The van der Waals surface area contributed by atoms with Crippen molar-refractivity contribution in [2.75, 3.05) is 13.7 Å². The molecule has 0 aliphatic carbocycles. The lowest BCUT2D eigenvalue weighted by Gasteiger charge is -2.09. The number of nitrogens with zero attached hydrogens (tertiary/aromatic N) is 1. The van der Waals surface area contributed by atoms with Crippen LogP contribution in [0.3, 0.4) is 0 Å². The number of ether oxygens (including phenoxy) is 2. The minimum atomic E-state index is -0.464. The molecule has 8 heteroatoms. The highest BCUT2D eigenvalue weighted by atomic mass is 35.5. The molecule has 27 heavy (non-hydrogen) atoms. The van der Waals surface area contributed by atoms with Gasteiger partial charge in [0.2, 0.25) is 0 Å². The van der Waals surface area contributed by atoms with E-state index in [-0.39, 0.29) is 17.8 Å². The van der Waals surface area contributed by atoms with Crippen molar-refractivity contribution in [3.63, 3.8) is 0 Å². The van der Waals surface area contributed by atoms with E-state index in [2.05, 4.69) is 15.3 Å². The van der Waals surface area contributed by atoms with Crippen molar-refractivity contribution in [2.24, 2.45) is 5.10 Å². The third kappa shape index (κ3) is 7.32. The maximum atomic E-state index is 12.1. The Hall–Kier alpha value is -2.51. The highest BCUT2D eigenvalue weighted by Crippen LogP contribution is 2.24. The molecule has 0 aliphatic rings. The van der Waals surface area contributed by atoms with E-state index >= 15 is 0 Å². The molecule has 0 unspecified atom stereocenters. The average Bonchev–Trinajstić information content (AvgIpc) is 2.68. The number of methoxy groups -OCH3 is 1. The Bertz CT molecular complexity index is 812. The van der Waals surface area contributed by atoms with Crippen molar-refractivity contribution in [3.8, 4) is 5.75 Å². The molecule has 0 bridgehead atoms. The summed E-state index contributed by atoms with van der Waals surface area (Å²) in [7, 11) is 1.30. The molecule has 1 amide bonds. The van der Waals surface area contributed by atoms with Gasteiger partial charge < -0.3 is 9.47 Å². The second kappa shape index (κ2) is 10.6. The molecule has 6 nitrogen and oxygen atoms in total. The monoisotopic (exact) mass is 406 g/mol. The fourth-order valence-corrected chi connectivity index (χ4v) is 2.91. The van der Waals surface area contributed by atoms with Crippen LogP contribution < -0.4 is 10.2 Å². The Balaban J connectivity index is 1.85. The normalized spacial score (nSPS) is 11.8. The number of benzene rings is 2. The number of hydrogen-bond donors (Lipinski definition) is 1. The zero-order valence-electron chi connectivity index (χ0n) is 14.8. The minimum Gasteiger partial charge on any atom is -0.482 e. The predicted octanol–water partition coefficient (Wildman–Crippen LogP) is 3.52. The topological polar surface area (TPSA) is 77.0 Å². The summed E-state index contributed by atoms with van der Waals surface area (Å²) in [5.74, 6) is -0.180. The van der Waals surface area contributed by atoms with Gasteiger partial charge in [0.15, 0.2) is 6.61 Å². The fourth-order valence-electron chi connectivity index (χ4n) is 1.92. The van der Waals surface area contributed by atoms with Gasteiger partial charge >= 0.3 is 5.97 Å². The zero-order chi connectivity index (χ0) is 19.6. The van der Waals surface area contributed by atoms with Crippen LogP contribution >= 0.6 is 23.4 Å². The second-order valence-corrected chi connectivity index (χ2v) is 7.24. The molecule has 1 atom stereocenters. The third-order valence-corrected chi connectivity index (χ3v) is 4.69. The molecule has 2 rings (SSSR count). The molecule has 0 fully saturated rings. The number of amides is 1. The molecule has 1 N–H and O–H groups in total. The van der Waals surface area contributed by atoms with Crippen molar-refractivity contribution in [2.45, 2.75) is 17.1 Å². The number of thioether (sulfide) groups is 1. The van der Waals surface area contributed by atoms with E-state index in [4.69, 9.17) is 16.3 Å². The van der Waals surface area contributed by atoms with Gasteiger partial charge in [-0.1, -0.05) is 23.7 Å². The van der Waals surface area contributed by atoms with Gasteiger partial charge in [-0.2, -0.15) is 5.10 Å². The lowest BCUT2D eigenvalue weighted by molar-refractivity contribution is -0.142. The SMILES string of the molecule is COC(=O)COc1cccc(/C=N\NC(=O)[C@@H](C)Sc2ccc(Cl)cc2)c1. The van der Waals surface area contributed by atoms with Gasteiger partial charge in [0.1, 0.15) is 5.75 Å². The molecule has 0 spiro atoms. The lowest BCUT2D eigenvalue weighted by atomic mass is 10.2. The van der Waals surface area contributed by atoms with Crippen molar-refractivity contribution in [1.29, 1.82) is 0 Å². The maximum Gasteiger partial charge on any atom is 0.343 e. The number of esters is 1. The summed E-state index contributed by atoms with van der Waals surface area (Å²) in [6, 6.07) is 14.2. The largest absolute Gasteiger partial charge is 0.482 e. The molecular weight excluding hydrogens is 388 g/mol. The predicted molar refractivity (Wildman–Crippen MR) is 106 cm³/mol. The molecule has 0 heterocycles. The van der Waals surface area contributed by atoms with Gasteiger partial charge in [0.05, 0.1) is 18.6 Å². The number of carbonyl (C=O) groups is 2. The Labute approximate surface area is 166 Å². The van der Waals surface area contributed by atoms with Crippen LogP contribution in [0.1, 0.15) is 12.5 Å². The van der Waals surface area contributed by atoms with Crippen LogP contribution in [-0.4, -0.2) is 37.1 Å². The summed E-state index contributed by atoms with van der Waals surface area (Å²) >= 11 is 7.26. The van der Waals surface area contributed by atoms with Crippen LogP contribution in [0.25, 0.3) is 0 Å². The van der Waals surface area contributed by atoms with Crippen molar-refractivity contribution in [3.05, 3.63) is 59.1 Å². The standard InChI is InChI=1S/C19H19ClN2O4S/c1-13(27-17-8-6-15(20)7-9-17)19(24)22-21-11-14-4-3-5-16(10-14)26-12-18(23)25-2/h3-11,13H,12H2,1-2H3,(H,22,24)/b21-11-/t13-/m1/s1. The summed E-state index contributed by atoms with van der Waals surface area (Å²) < 4.78 is 9.82. The molecule has 0 saturated heterocycles. The number of carbonyl (C=O) groups excluding carboxylic acids is 2. The van der Waals surface area contributed by atoms with E-state index in [0.717, 1.165) is 10.5 Å². The summed E-state index contributed by atoms with van der Waals surface area (Å²) in [5.41, 5.74) is 3.23. The summed E-state index contributed by atoms with van der Waals surface area (Å²) in [6.07, 6.45) is 1.50. The zero-order valence-corrected chi connectivity index (χ0v) is 16.4. The van der Waals surface area contributed by atoms with Crippen LogP contribution in [0.4, 0.5) is 0 Å². The van der Waals surface area contributed by atoms with E-state index in [0.29, 0.717) is 10.8 Å². The number of hydrogen-bond acceptors (Lipinski definition) is 6. The van der Waals surface area contributed by atoms with Crippen molar-refractivity contribution < 1.29 is 19.1 Å². The molecule has 2 aromatic rings. The van der Waals surface area contributed by atoms with Crippen LogP contribution in [0.5, 0.6) is 5.75 Å². The Morgan fingerprint density at radius 1 is 1.26 bits per heavy atom. The number of nitrogens with one attached hydrogen (secondary N) is 1. The number of rotatable bonds is 8. The highest BCUT2D eigenvalue weighted by Gasteiger charge is 2.13. The highest BCUT2D eigenvalue weighted by molar-refractivity contribution is 8.00. The van der Waals surface area contributed by atoms with Crippen molar-refractivity contribution in [1.82, 2.24) is 5.43 Å². The van der Waals surface area contributed by atoms with E-state index in [1.807, 2.05) is 12.1 Å². The quantitative estimate of drug-likeness (QED) is 0.314. The smallest absolute Gasteiger partial charge is 0.343 e. The molecule has 0 saturated carbocycles. The van der Waals surface area contributed by atoms with Gasteiger partial charge in [-0.15, -0.1) is 11.8 Å². The van der Waals surface area contributed by atoms with E-state index < -0.39 is 5.97 Å². The van der Waals surface area contributed by atoms with E-state index in [9.17, 15) is 9.59 Å². The molecule has 0 aliphatic heterocycles. The molecule has 0 radical (unpaired) electrons. The summed E-state index contributed by atoms with van der Waals surface area (Å²) in [6.45, 7) is 1.62. The van der Waals surface area contributed by atoms with Crippen LogP contribution in [-0.2, 0) is 14.3 Å². The number of halogens is 1. The van der Waals surface area contributed by atoms with Gasteiger partial charge in [0, 0.05) is 9.92 Å². The Kier molecular flexibility index (Phi) is 8.16. The van der Waals surface area contributed by atoms with Gasteiger partial charge in [-0.3, -0.25) is 4.79 Å². The Morgan fingerprint density at radius 3 is 2.70 bits per heavy atom. The molecule has 142 valence electrons. The lowest BCUT2D eigenvalue weighted by Crippen LogP contribution is -2.26. The van der Waals surface area contributed by atoms with Gasteiger partial charge in [-0.25, -0.2) is 10.2 Å². The van der Waals surface area contributed by atoms with Crippen LogP contribution in [0, 0.1) is 0 Å². The first kappa shape index (κ1) is 20.8. The first-order valence-electron chi connectivity index (χ1n) is 8.03. The summed E-state index contributed by atoms with van der Waals surface area (Å²) in [4.78, 5) is 24.2. The van der Waals surface area contributed by atoms with E-state index in [1.54, 1.807) is 43.3 Å². The van der Waals surface area contributed by atoms with Crippen LogP contribution in [0.2, 0.25) is 5.02 Å². The second-order valence-electron chi connectivity index (χ2n) is 5.39. The van der Waals surface area contributed by atoms with Crippen LogP contribution in [0.15, 0.2) is 58.5 Å². The number of hydrazone groups is 1. The van der Waals surface area contributed by atoms with E-state index in [1.165, 1.54) is 25.1 Å². The van der Waals surface area contributed by atoms with Gasteiger partial charge in [0.25, 0.3) is 5.91 Å². The maximum absolute atomic E-state index is 12.1. The molecular formula is C19H19ClN2O4S. The average molecular weight is 407 g/mol. The van der Waals surface area contributed by atoms with Gasteiger partial charge in [-0.05, 0) is 48.9 Å². The molecule has 0 aromatic heterocycles. The van der Waals surface area contributed by atoms with Crippen molar-refractivity contribution >= 4 is 41.5 Å². The third-order valence-electron chi connectivity index (χ3n) is 3.33. The fraction of sp³-hybridized carbons (Fsp3) is 0.211. The molecule has 2 aromatic carbocycles.